The number of pyridine rings is 1. The SMILES string of the molecule is CC(C)[C@]1(C(=O)N2CCc3ccc(-c4cccnc4)cc3C2)CCC(NC2CCOCC2)C1. The second-order valence-corrected chi connectivity index (χ2v) is 10.5. The van der Waals surface area contributed by atoms with E-state index in [0.29, 0.717) is 23.9 Å². The number of hydrogen-bond acceptors (Lipinski definition) is 4. The first-order valence-electron chi connectivity index (χ1n) is 12.7. The van der Waals surface area contributed by atoms with E-state index in [-0.39, 0.29) is 5.41 Å². The summed E-state index contributed by atoms with van der Waals surface area (Å²) in [6.45, 7) is 7.74. The number of ether oxygens (including phenoxy) is 1. The van der Waals surface area contributed by atoms with Crippen LogP contribution in [0, 0.1) is 11.3 Å². The van der Waals surface area contributed by atoms with Crippen LogP contribution in [0.15, 0.2) is 42.7 Å². The lowest BCUT2D eigenvalue weighted by Crippen LogP contribution is -2.48. The minimum absolute atomic E-state index is 0.249. The summed E-state index contributed by atoms with van der Waals surface area (Å²) >= 11 is 0. The van der Waals surface area contributed by atoms with E-state index in [4.69, 9.17) is 4.74 Å². The zero-order chi connectivity index (χ0) is 22.8. The predicted octanol–water partition coefficient (Wildman–Crippen LogP) is 4.60. The van der Waals surface area contributed by atoms with Crippen molar-refractivity contribution in [2.24, 2.45) is 11.3 Å². The average Bonchev–Trinajstić information content (AvgIpc) is 3.29. The molecule has 0 bridgehead atoms. The van der Waals surface area contributed by atoms with Crippen LogP contribution in [0.25, 0.3) is 11.1 Å². The Morgan fingerprint density at radius 2 is 1.97 bits per heavy atom. The van der Waals surface area contributed by atoms with Crippen molar-refractivity contribution in [1.29, 1.82) is 0 Å². The van der Waals surface area contributed by atoms with E-state index in [1.54, 1.807) is 6.20 Å². The second kappa shape index (κ2) is 9.55. The van der Waals surface area contributed by atoms with Crippen LogP contribution in [0.5, 0.6) is 0 Å². The number of hydrogen-bond donors (Lipinski definition) is 1. The molecule has 5 rings (SSSR count). The van der Waals surface area contributed by atoms with E-state index in [2.05, 4.69) is 53.3 Å². The lowest BCUT2D eigenvalue weighted by molar-refractivity contribution is -0.145. The molecule has 1 aromatic heterocycles. The molecule has 2 aromatic rings. The molecule has 1 saturated carbocycles. The van der Waals surface area contributed by atoms with Crippen LogP contribution in [0.1, 0.15) is 57.1 Å². The normalized spacial score (nSPS) is 25.9. The molecule has 0 radical (unpaired) electrons. The van der Waals surface area contributed by atoms with Crippen LogP contribution in [0.2, 0.25) is 0 Å². The first-order chi connectivity index (χ1) is 16.0. The van der Waals surface area contributed by atoms with Gasteiger partial charge in [-0.3, -0.25) is 9.78 Å². The van der Waals surface area contributed by atoms with Crippen molar-refractivity contribution in [1.82, 2.24) is 15.2 Å². The van der Waals surface area contributed by atoms with Gasteiger partial charge in [0.05, 0.1) is 5.41 Å². The largest absolute Gasteiger partial charge is 0.381 e. The first-order valence-corrected chi connectivity index (χ1v) is 12.7. The van der Waals surface area contributed by atoms with Gasteiger partial charge in [-0.05, 0) is 78.8 Å². The fourth-order valence-electron chi connectivity index (χ4n) is 6.14. The third kappa shape index (κ3) is 4.58. The van der Waals surface area contributed by atoms with Gasteiger partial charge in [0.15, 0.2) is 0 Å². The highest BCUT2D eigenvalue weighted by Crippen LogP contribution is 2.46. The lowest BCUT2D eigenvalue weighted by atomic mass is 9.73. The Morgan fingerprint density at radius 3 is 2.73 bits per heavy atom. The van der Waals surface area contributed by atoms with Crippen molar-refractivity contribution in [2.75, 3.05) is 19.8 Å². The summed E-state index contributed by atoms with van der Waals surface area (Å²) < 4.78 is 5.52. The predicted molar refractivity (Wildman–Crippen MR) is 131 cm³/mol. The monoisotopic (exact) mass is 447 g/mol. The summed E-state index contributed by atoms with van der Waals surface area (Å²) in [5.74, 6) is 0.709. The average molecular weight is 448 g/mol. The van der Waals surface area contributed by atoms with Crippen molar-refractivity contribution in [3.8, 4) is 11.1 Å². The summed E-state index contributed by atoms with van der Waals surface area (Å²) in [5.41, 5.74) is 4.71. The van der Waals surface area contributed by atoms with Crippen molar-refractivity contribution < 1.29 is 9.53 Å². The van der Waals surface area contributed by atoms with Crippen LogP contribution in [0.4, 0.5) is 0 Å². The molecule has 33 heavy (non-hydrogen) atoms. The van der Waals surface area contributed by atoms with Crippen LogP contribution in [-0.4, -0.2) is 47.6 Å². The molecule has 1 aliphatic carbocycles. The summed E-state index contributed by atoms with van der Waals surface area (Å²) in [5, 5.41) is 3.87. The van der Waals surface area contributed by atoms with Gasteiger partial charge in [-0.15, -0.1) is 0 Å². The second-order valence-electron chi connectivity index (χ2n) is 10.5. The third-order valence-corrected chi connectivity index (χ3v) is 8.27. The van der Waals surface area contributed by atoms with Crippen LogP contribution in [-0.2, 0) is 22.5 Å². The van der Waals surface area contributed by atoms with Gasteiger partial charge in [-0.25, -0.2) is 0 Å². The van der Waals surface area contributed by atoms with Gasteiger partial charge >= 0.3 is 0 Å². The number of nitrogens with one attached hydrogen (secondary N) is 1. The zero-order valence-electron chi connectivity index (χ0n) is 20.1. The topological polar surface area (TPSA) is 54.5 Å². The Kier molecular flexibility index (Phi) is 6.53. The van der Waals surface area contributed by atoms with Crippen LogP contribution >= 0.6 is 0 Å². The van der Waals surface area contributed by atoms with Crippen molar-refractivity contribution in [3.05, 3.63) is 53.9 Å². The van der Waals surface area contributed by atoms with E-state index in [1.165, 1.54) is 16.7 Å². The zero-order valence-corrected chi connectivity index (χ0v) is 20.1. The quantitative estimate of drug-likeness (QED) is 0.728. The van der Waals surface area contributed by atoms with E-state index in [9.17, 15) is 4.79 Å². The van der Waals surface area contributed by atoms with Crippen LogP contribution in [0.3, 0.4) is 0 Å². The fourth-order valence-corrected chi connectivity index (χ4v) is 6.14. The maximum Gasteiger partial charge on any atom is 0.229 e. The summed E-state index contributed by atoms with van der Waals surface area (Å²) in [4.78, 5) is 20.4. The van der Waals surface area contributed by atoms with E-state index >= 15 is 0 Å². The van der Waals surface area contributed by atoms with Gasteiger partial charge in [0.1, 0.15) is 0 Å². The summed E-state index contributed by atoms with van der Waals surface area (Å²) in [7, 11) is 0. The number of rotatable bonds is 5. The molecule has 2 fully saturated rings. The Balaban J connectivity index is 1.31. The van der Waals surface area contributed by atoms with E-state index in [1.807, 2.05) is 12.3 Å². The molecule has 1 aromatic carbocycles. The number of carbonyl (C=O) groups excluding carboxylic acids is 1. The van der Waals surface area contributed by atoms with Gasteiger partial charge < -0.3 is 15.0 Å². The molecule has 176 valence electrons. The molecular formula is C28H37N3O2. The minimum Gasteiger partial charge on any atom is -0.381 e. The number of fused-ring (bicyclic) bond motifs is 1. The van der Waals surface area contributed by atoms with Gasteiger partial charge in [-0.1, -0.05) is 32.0 Å². The Labute approximate surface area is 197 Å². The van der Waals surface area contributed by atoms with E-state index < -0.39 is 0 Å². The van der Waals surface area contributed by atoms with Crippen molar-refractivity contribution >= 4 is 5.91 Å². The number of nitrogens with zero attached hydrogens (tertiary/aromatic N) is 2. The number of aromatic nitrogens is 1. The minimum atomic E-state index is -0.249. The first kappa shape index (κ1) is 22.5. The van der Waals surface area contributed by atoms with E-state index in [0.717, 1.165) is 70.4 Å². The maximum atomic E-state index is 14.0. The van der Waals surface area contributed by atoms with Gasteiger partial charge in [0.2, 0.25) is 5.91 Å². The fraction of sp³-hybridized carbons (Fsp3) is 0.571. The van der Waals surface area contributed by atoms with Crippen molar-refractivity contribution in [3.63, 3.8) is 0 Å². The summed E-state index contributed by atoms with van der Waals surface area (Å²) in [6.07, 6.45) is 9.86. The lowest BCUT2D eigenvalue weighted by Gasteiger charge is -2.40. The molecule has 2 aliphatic heterocycles. The number of benzene rings is 1. The van der Waals surface area contributed by atoms with Crippen LogP contribution < -0.4 is 5.32 Å². The molecule has 1 saturated heterocycles. The molecule has 5 heteroatoms. The Hall–Kier alpha value is -2.24. The number of carbonyl (C=O) groups is 1. The smallest absolute Gasteiger partial charge is 0.229 e. The molecule has 2 atom stereocenters. The summed E-state index contributed by atoms with van der Waals surface area (Å²) in [6, 6.07) is 11.7. The molecule has 1 amide bonds. The molecule has 5 nitrogen and oxygen atoms in total. The molecule has 1 unspecified atom stereocenters. The highest BCUT2D eigenvalue weighted by molar-refractivity contribution is 5.84. The maximum absolute atomic E-state index is 14.0. The molecule has 1 N–H and O–H groups in total. The van der Waals surface area contributed by atoms with Crippen molar-refractivity contribution in [2.45, 2.75) is 71.0 Å². The highest BCUT2D eigenvalue weighted by atomic mass is 16.5. The Bertz CT molecular complexity index is 970. The highest BCUT2D eigenvalue weighted by Gasteiger charge is 2.49. The van der Waals surface area contributed by atoms with Gasteiger partial charge in [0.25, 0.3) is 0 Å². The standard InChI is InChI=1S/C28H37N3O2/c1-20(2)28(11-7-26(17-28)30-25-9-14-33-15-10-25)27(32)31-13-8-21-5-6-22(16-24(21)19-31)23-4-3-12-29-18-23/h3-6,12,16,18,20,25-26,30H,7-11,13-15,17,19H2,1-2H3/t26?,28-/m0/s1. The molecule has 3 aliphatic rings. The molecular weight excluding hydrogens is 410 g/mol. The third-order valence-electron chi connectivity index (χ3n) is 8.27. The number of amides is 1. The van der Waals surface area contributed by atoms with Gasteiger partial charge in [0, 0.05) is 50.8 Å². The molecule has 0 spiro atoms. The van der Waals surface area contributed by atoms with Gasteiger partial charge in [-0.2, -0.15) is 0 Å². The Morgan fingerprint density at radius 1 is 1.12 bits per heavy atom. The molecule has 3 heterocycles.